The summed E-state index contributed by atoms with van der Waals surface area (Å²) in [7, 11) is 0. The molecule has 4 heterocycles. The fourth-order valence-electron chi connectivity index (χ4n) is 6.83. The number of amides is 1. The second-order valence-corrected chi connectivity index (χ2v) is 12.0. The normalized spacial score (nSPS) is 29.4. The van der Waals surface area contributed by atoms with Gasteiger partial charge in [-0.05, 0) is 18.2 Å². The maximum Gasteiger partial charge on any atom is 0.284 e. The van der Waals surface area contributed by atoms with E-state index < -0.39 is 59.8 Å². The number of nitrogens with zero attached hydrogens (tertiary/aromatic N) is 2. The first kappa shape index (κ1) is 30.7. The molecular formula is C34H28N5O10+. The van der Waals surface area contributed by atoms with Crippen molar-refractivity contribution in [1.29, 1.82) is 5.41 Å². The monoisotopic (exact) mass is 666 g/mol. The molecule has 5 aliphatic rings. The number of quaternary nitrogens is 1. The Morgan fingerprint density at radius 1 is 0.898 bits per heavy atom. The molecule has 1 amide bonds. The summed E-state index contributed by atoms with van der Waals surface area (Å²) in [5, 5.41) is 54.4. The molecule has 0 spiro atoms. The molecule has 4 aliphatic heterocycles. The summed E-state index contributed by atoms with van der Waals surface area (Å²) in [6.45, 7) is -0.190. The minimum absolute atomic E-state index is 0.0704. The predicted octanol–water partition coefficient (Wildman–Crippen LogP) is -0.579. The lowest BCUT2D eigenvalue weighted by atomic mass is 9.79. The van der Waals surface area contributed by atoms with Gasteiger partial charge in [-0.25, -0.2) is 9.89 Å². The van der Waals surface area contributed by atoms with Crippen LogP contribution in [0.1, 0.15) is 48.9 Å². The fourth-order valence-corrected chi connectivity index (χ4v) is 6.83. The van der Waals surface area contributed by atoms with E-state index in [9.17, 15) is 34.8 Å². The zero-order valence-corrected chi connectivity index (χ0v) is 25.4. The molecule has 7 N–H and O–H groups in total. The van der Waals surface area contributed by atoms with Gasteiger partial charge in [-0.3, -0.25) is 25.1 Å². The van der Waals surface area contributed by atoms with Crippen LogP contribution in [0.15, 0.2) is 76.9 Å². The smallest absolute Gasteiger partial charge is 0.284 e. The van der Waals surface area contributed by atoms with Crippen LogP contribution in [-0.2, 0) is 14.3 Å². The molecule has 0 aromatic heterocycles. The predicted molar refractivity (Wildman–Crippen MR) is 168 cm³/mol. The molecule has 1 saturated heterocycles. The number of aliphatic hydroxyl groups is 3. The topological polar surface area (TPSA) is 225 Å². The summed E-state index contributed by atoms with van der Waals surface area (Å²) in [6.07, 6.45) is -4.92. The zero-order valence-electron chi connectivity index (χ0n) is 25.4. The Bertz CT molecular complexity index is 2080. The first-order valence-corrected chi connectivity index (χ1v) is 15.4. The van der Waals surface area contributed by atoms with Gasteiger partial charge in [0.25, 0.3) is 11.7 Å². The second kappa shape index (κ2) is 11.5. The van der Waals surface area contributed by atoms with Gasteiger partial charge in [0.05, 0.1) is 11.8 Å². The third-order valence-electron chi connectivity index (χ3n) is 9.23. The molecule has 3 aromatic carbocycles. The highest BCUT2D eigenvalue weighted by molar-refractivity contribution is 6.68. The van der Waals surface area contributed by atoms with Crippen molar-refractivity contribution in [3.05, 3.63) is 100 Å². The van der Waals surface area contributed by atoms with Gasteiger partial charge in [0, 0.05) is 33.7 Å². The Kier molecular flexibility index (Phi) is 7.24. The Labute approximate surface area is 276 Å². The second-order valence-electron chi connectivity index (χ2n) is 12.0. The highest BCUT2D eigenvalue weighted by Crippen LogP contribution is 2.47. The number of rotatable bonds is 2. The Hall–Kier alpha value is -5.58. The molecule has 1 fully saturated rings. The van der Waals surface area contributed by atoms with Gasteiger partial charge < -0.3 is 34.6 Å². The Morgan fingerprint density at radius 2 is 1.63 bits per heavy atom. The largest absolute Gasteiger partial charge is 0.504 e. The van der Waals surface area contributed by atoms with Crippen LogP contribution in [0.2, 0.25) is 0 Å². The van der Waals surface area contributed by atoms with Gasteiger partial charge >= 0.3 is 0 Å². The number of amidine groups is 1. The SMILES string of the molecule is N=C1N=C2C(=NC[NH+]2c2ccccc2[C@@H]2/C=C/OC[C@@H]3O[C@H](Oc4c2cc2c(c4O)C(=O)c4ccccc4C2=O)[C@@H](O)[C@H](O)[C@H]3O)C(=O)N1. The van der Waals surface area contributed by atoms with Gasteiger partial charge in [0.15, 0.2) is 29.7 Å². The van der Waals surface area contributed by atoms with Gasteiger partial charge in [-0.2, -0.15) is 4.99 Å². The number of nitrogens with one attached hydrogen (secondary N) is 3. The molecular weight excluding hydrogens is 638 g/mol. The number of fused-ring (bicyclic) bond motifs is 6. The molecule has 8 rings (SSSR count). The standard InChI is InChI=1S/C34H27N5O10/c35-34-37-31-23(32(46)38-34)36-13-39(31)20-8-4-3-5-15(20)14-9-10-47-12-21-26(42)28(44)29(45)33(48-21)49-30-18(14)11-19-22(27(30)43)25(41)17-7-2-1-6-16(17)24(19)40/h1-11,14,21,26,28-29,33,42-45H,12-13H2,(H2,35,38,46)/p+1/b10-9+/t14-,21-,26-,28+,29-,33+/m0/s1. The molecule has 1 unspecified atom stereocenters. The van der Waals surface area contributed by atoms with Gasteiger partial charge in [0.2, 0.25) is 18.0 Å². The molecule has 0 saturated carbocycles. The van der Waals surface area contributed by atoms with Crippen molar-refractivity contribution in [3.8, 4) is 11.5 Å². The van der Waals surface area contributed by atoms with Crippen molar-refractivity contribution in [3.63, 3.8) is 0 Å². The van der Waals surface area contributed by atoms with Gasteiger partial charge in [-0.1, -0.05) is 42.5 Å². The lowest BCUT2D eigenvalue weighted by Gasteiger charge is -2.40. The molecule has 49 heavy (non-hydrogen) atoms. The van der Waals surface area contributed by atoms with Crippen molar-refractivity contribution >= 4 is 40.7 Å². The molecule has 7 atom stereocenters. The number of hydrogen-bond donors (Lipinski definition) is 7. The lowest BCUT2D eigenvalue weighted by molar-refractivity contribution is -0.723. The van der Waals surface area contributed by atoms with E-state index in [4.69, 9.17) is 19.6 Å². The van der Waals surface area contributed by atoms with Crippen LogP contribution in [0.5, 0.6) is 11.5 Å². The molecule has 248 valence electrons. The summed E-state index contributed by atoms with van der Waals surface area (Å²) in [5.41, 5.74) is 1.21. The van der Waals surface area contributed by atoms with Crippen molar-refractivity contribution in [2.45, 2.75) is 36.6 Å². The van der Waals surface area contributed by atoms with Crippen LogP contribution < -0.4 is 15.0 Å². The van der Waals surface area contributed by atoms with E-state index >= 15 is 0 Å². The summed E-state index contributed by atoms with van der Waals surface area (Å²) in [6, 6.07) is 14.7. The number of guanidine groups is 1. The van der Waals surface area contributed by atoms with Crippen molar-refractivity contribution < 1.29 is 53.9 Å². The number of ether oxygens (including phenoxy) is 3. The Balaban J connectivity index is 1.35. The zero-order chi connectivity index (χ0) is 34.1. The van der Waals surface area contributed by atoms with Gasteiger partial charge in [0.1, 0.15) is 36.7 Å². The van der Waals surface area contributed by atoms with Crippen LogP contribution in [-0.4, -0.2) is 99.4 Å². The first-order valence-electron chi connectivity index (χ1n) is 15.4. The van der Waals surface area contributed by atoms with Crippen molar-refractivity contribution in [2.75, 3.05) is 13.3 Å². The van der Waals surface area contributed by atoms with Crippen LogP contribution in [0.25, 0.3) is 0 Å². The number of ketones is 2. The van der Waals surface area contributed by atoms with E-state index in [1.807, 2.05) is 0 Å². The van der Waals surface area contributed by atoms with E-state index in [1.54, 1.807) is 42.5 Å². The Morgan fingerprint density at radius 3 is 2.43 bits per heavy atom. The van der Waals surface area contributed by atoms with Crippen LogP contribution in [0.4, 0.5) is 5.69 Å². The summed E-state index contributed by atoms with van der Waals surface area (Å²) >= 11 is 0. The van der Waals surface area contributed by atoms with E-state index in [2.05, 4.69) is 15.3 Å². The highest BCUT2D eigenvalue weighted by Gasteiger charge is 2.47. The molecule has 1 aliphatic carbocycles. The molecule has 15 heteroatoms. The van der Waals surface area contributed by atoms with Crippen LogP contribution in [0, 0.1) is 5.41 Å². The summed E-state index contributed by atoms with van der Waals surface area (Å²) < 4.78 is 17.7. The third kappa shape index (κ3) is 4.78. The van der Waals surface area contributed by atoms with Crippen LogP contribution in [0.3, 0.4) is 0 Å². The average molecular weight is 667 g/mol. The van der Waals surface area contributed by atoms with E-state index in [-0.39, 0.29) is 64.3 Å². The third-order valence-corrected chi connectivity index (χ3v) is 9.23. The number of para-hydroxylation sites is 1. The summed E-state index contributed by atoms with van der Waals surface area (Å²) in [5.74, 6) is -3.71. The number of aliphatic imine (C=N–C) groups is 2. The lowest BCUT2D eigenvalue weighted by Crippen LogP contribution is -3.09. The molecule has 15 nitrogen and oxygen atoms in total. The number of phenolic OH excluding ortho intramolecular Hbond substituents is 1. The minimum Gasteiger partial charge on any atom is -0.504 e. The van der Waals surface area contributed by atoms with Crippen LogP contribution >= 0.6 is 0 Å². The summed E-state index contributed by atoms with van der Waals surface area (Å²) in [4.78, 5) is 49.5. The average Bonchev–Trinajstić information content (AvgIpc) is 3.51. The fraction of sp³-hybridized carbons (Fsp3) is 0.235. The van der Waals surface area contributed by atoms with Crippen molar-refractivity contribution in [1.82, 2.24) is 5.32 Å². The maximum atomic E-state index is 13.9. The molecule has 0 radical (unpaired) electrons. The minimum atomic E-state index is -1.79. The molecule has 3 aromatic rings. The number of carbonyl (C=O) groups excluding carboxylic acids is 3. The van der Waals surface area contributed by atoms with Gasteiger partial charge in [-0.15, -0.1) is 0 Å². The number of benzene rings is 3. The van der Waals surface area contributed by atoms with E-state index in [0.717, 1.165) is 0 Å². The highest BCUT2D eigenvalue weighted by atomic mass is 16.7. The van der Waals surface area contributed by atoms with Crippen molar-refractivity contribution in [2.24, 2.45) is 9.98 Å². The van der Waals surface area contributed by atoms with E-state index in [0.29, 0.717) is 16.2 Å². The number of allylic oxidation sites excluding steroid dienone is 1. The first-order chi connectivity index (χ1) is 23.6. The number of hydrogen-bond acceptors (Lipinski definition) is 12. The number of carbonyl (C=O) groups is 3. The molecule has 2 bridgehead atoms. The maximum absolute atomic E-state index is 13.9. The number of aromatic hydroxyl groups is 1. The number of phenols is 1. The van der Waals surface area contributed by atoms with E-state index in [1.165, 1.54) is 24.5 Å². The number of aliphatic hydroxyl groups excluding tert-OH is 3. The quantitative estimate of drug-likeness (QED) is 0.144.